The van der Waals surface area contributed by atoms with E-state index in [9.17, 15) is 9.59 Å². The summed E-state index contributed by atoms with van der Waals surface area (Å²) in [5, 5.41) is 0. The van der Waals surface area contributed by atoms with E-state index >= 15 is 0 Å². The molecular weight excluding hydrogens is 176 g/mol. The summed E-state index contributed by atoms with van der Waals surface area (Å²) >= 11 is 0. The van der Waals surface area contributed by atoms with Gasteiger partial charge in [-0.1, -0.05) is 11.1 Å². The Morgan fingerprint density at radius 2 is 1.36 bits per heavy atom. The first-order valence-corrected chi connectivity index (χ1v) is 7.64. The van der Waals surface area contributed by atoms with Gasteiger partial charge in [0.1, 0.15) is 0 Å². The van der Waals surface area contributed by atoms with Crippen molar-refractivity contribution in [2.75, 3.05) is 0 Å². The second kappa shape index (κ2) is 3.22. The molecule has 11 heavy (non-hydrogen) atoms. The number of rotatable bonds is 2. The average molecular weight is 186 g/mol. The third-order valence-corrected chi connectivity index (χ3v) is 5.18. The quantitative estimate of drug-likeness (QED) is 0.450. The smallest absolute Gasteiger partial charge is 0.402 e. The maximum Gasteiger partial charge on any atom is 0.409 e. The van der Waals surface area contributed by atoms with Crippen LogP contribution in [-0.4, -0.2) is 26.7 Å². The van der Waals surface area contributed by atoms with Gasteiger partial charge in [-0.3, -0.25) is 0 Å². The Balaban J connectivity index is 4.31. The van der Waals surface area contributed by atoms with E-state index in [2.05, 4.69) is 11.1 Å². The Kier molecular flexibility index (Phi) is 3.06. The van der Waals surface area contributed by atoms with Crippen LogP contribution in [0.1, 0.15) is 0 Å². The number of hydrogen-bond acceptors (Lipinski definition) is 3. The molecule has 5 heteroatoms. The zero-order valence-electron chi connectivity index (χ0n) is 6.46. The van der Waals surface area contributed by atoms with E-state index in [4.69, 9.17) is 17.0 Å². The lowest BCUT2D eigenvalue weighted by molar-refractivity contribution is 0.337. The Morgan fingerprint density at radius 3 is 1.55 bits per heavy atom. The zero-order valence-corrected chi connectivity index (χ0v) is 8.46. The van der Waals surface area contributed by atoms with Gasteiger partial charge in [0.05, 0.1) is 0 Å². The fourth-order valence-corrected chi connectivity index (χ4v) is 4.01. The standard InChI is InChI=1S/C6H10O3Si2/c1-5-10(3,7)9-11(4,8)6-2/h1-2,7-8H,3-4H3. The van der Waals surface area contributed by atoms with Gasteiger partial charge in [-0.25, -0.2) is 0 Å². The first-order chi connectivity index (χ1) is 4.83. The number of terminal acetylenes is 2. The summed E-state index contributed by atoms with van der Waals surface area (Å²) in [6, 6.07) is 0. The second-order valence-electron chi connectivity index (χ2n) is 2.36. The number of hydrogen-bond donors (Lipinski definition) is 2. The van der Waals surface area contributed by atoms with Crippen LogP contribution in [0.2, 0.25) is 13.1 Å². The van der Waals surface area contributed by atoms with Gasteiger partial charge >= 0.3 is 17.1 Å². The molecular formula is C6H10O3Si2. The van der Waals surface area contributed by atoms with Gasteiger partial charge in [-0.05, 0) is 13.1 Å². The van der Waals surface area contributed by atoms with Crippen LogP contribution in [0.15, 0.2) is 0 Å². The molecule has 60 valence electrons. The highest BCUT2D eigenvalue weighted by molar-refractivity contribution is 6.86. The first-order valence-electron chi connectivity index (χ1n) is 2.93. The van der Waals surface area contributed by atoms with Crippen molar-refractivity contribution in [2.45, 2.75) is 13.1 Å². The lowest BCUT2D eigenvalue weighted by atomic mass is 11.4. The first kappa shape index (κ1) is 10.4. The molecule has 3 nitrogen and oxygen atoms in total. The van der Waals surface area contributed by atoms with Crippen molar-refractivity contribution in [3.05, 3.63) is 0 Å². The summed E-state index contributed by atoms with van der Waals surface area (Å²) in [7, 11) is -6.27. The molecule has 0 saturated carbocycles. The van der Waals surface area contributed by atoms with Crippen LogP contribution in [0.4, 0.5) is 0 Å². The molecule has 0 aromatic carbocycles. The molecule has 0 aliphatic carbocycles. The second-order valence-corrected chi connectivity index (χ2v) is 7.68. The van der Waals surface area contributed by atoms with Gasteiger partial charge in [0.15, 0.2) is 0 Å². The van der Waals surface area contributed by atoms with Crippen molar-refractivity contribution in [2.24, 2.45) is 0 Å². The van der Waals surface area contributed by atoms with E-state index in [1.807, 2.05) is 0 Å². The van der Waals surface area contributed by atoms with Crippen LogP contribution in [0, 0.1) is 23.9 Å². The molecule has 0 aromatic heterocycles. The van der Waals surface area contributed by atoms with Crippen LogP contribution in [0.3, 0.4) is 0 Å². The highest BCUT2D eigenvalue weighted by Gasteiger charge is 2.36. The zero-order chi connectivity index (χ0) is 9.12. The van der Waals surface area contributed by atoms with Crippen LogP contribution < -0.4 is 0 Å². The summed E-state index contributed by atoms with van der Waals surface area (Å²) < 4.78 is 4.84. The fourth-order valence-electron chi connectivity index (χ4n) is 0.446. The van der Waals surface area contributed by atoms with Crippen LogP contribution >= 0.6 is 0 Å². The van der Waals surface area contributed by atoms with E-state index in [1.54, 1.807) is 0 Å². The van der Waals surface area contributed by atoms with Crippen LogP contribution in [0.25, 0.3) is 0 Å². The molecule has 0 aliphatic heterocycles. The fraction of sp³-hybridized carbons (Fsp3) is 0.333. The van der Waals surface area contributed by atoms with Gasteiger partial charge in [-0.15, -0.1) is 12.8 Å². The minimum Gasteiger partial charge on any atom is -0.402 e. The molecule has 0 fully saturated rings. The predicted molar refractivity (Wildman–Crippen MR) is 46.4 cm³/mol. The molecule has 0 bridgehead atoms. The summed E-state index contributed by atoms with van der Waals surface area (Å²) in [6.07, 6.45) is 9.89. The maximum absolute atomic E-state index is 9.25. The van der Waals surface area contributed by atoms with E-state index in [1.165, 1.54) is 13.1 Å². The summed E-state index contributed by atoms with van der Waals surface area (Å²) in [4.78, 5) is 18.5. The molecule has 2 atom stereocenters. The minimum atomic E-state index is -3.14. The molecule has 0 rings (SSSR count). The SMILES string of the molecule is C#C[Si](C)(O)O[Si](C)(O)C#C. The Morgan fingerprint density at radius 1 is 1.09 bits per heavy atom. The van der Waals surface area contributed by atoms with Gasteiger partial charge in [0, 0.05) is 0 Å². The maximum atomic E-state index is 9.25. The van der Waals surface area contributed by atoms with E-state index in [0.29, 0.717) is 0 Å². The van der Waals surface area contributed by atoms with Crippen molar-refractivity contribution >= 4 is 17.1 Å². The van der Waals surface area contributed by atoms with Gasteiger partial charge < -0.3 is 13.7 Å². The molecule has 0 heterocycles. The van der Waals surface area contributed by atoms with Gasteiger partial charge in [0.25, 0.3) is 0 Å². The van der Waals surface area contributed by atoms with Crippen molar-refractivity contribution < 1.29 is 13.7 Å². The highest BCUT2D eigenvalue weighted by atomic mass is 28.5. The predicted octanol–water partition coefficient (Wildman–Crippen LogP) is -0.524. The molecule has 0 aromatic rings. The highest BCUT2D eigenvalue weighted by Crippen LogP contribution is 2.06. The lowest BCUT2D eigenvalue weighted by Crippen LogP contribution is -2.47. The van der Waals surface area contributed by atoms with Crippen molar-refractivity contribution in [1.82, 2.24) is 0 Å². The van der Waals surface area contributed by atoms with Crippen LogP contribution in [0.5, 0.6) is 0 Å². The molecule has 0 spiro atoms. The normalized spacial score (nSPS) is 20.5. The van der Waals surface area contributed by atoms with E-state index < -0.39 is 17.1 Å². The van der Waals surface area contributed by atoms with Crippen LogP contribution in [-0.2, 0) is 4.12 Å². The minimum absolute atomic E-state index is 1.38. The van der Waals surface area contributed by atoms with E-state index in [0.717, 1.165) is 0 Å². The molecule has 0 aliphatic rings. The monoisotopic (exact) mass is 186 g/mol. The topological polar surface area (TPSA) is 49.7 Å². The Labute approximate surface area is 68.5 Å². The molecule has 2 N–H and O–H groups in total. The molecule has 0 saturated heterocycles. The molecule has 2 unspecified atom stereocenters. The lowest BCUT2D eigenvalue weighted by Gasteiger charge is -2.21. The largest absolute Gasteiger partial charge is 0.409 e. The van der Waals surface area contributed by atoms with Gasteiger partial charge in [0.2, 0.25) is 0 Å². The summed E-state index contributed by atoms with van der Waals surface area (Å²) in [5.74, 6) is 0. The van der Waals surface area contributed by atoms with Gasteiger partial charge in [-0.2, -0.15) is 0 Å². The van der Waals surface area contributed by atoms with E-state index in [-0.39, 0.29) is 0 Å². The average Bonchev–Trinajstić information content (AvgIpc) is 1.86. The summed E-state index contributed by atoms with van der Waals surface area (Å²) in [5.41, 5.74) is 4.17. The third-order valence-electron chi connectivity index (χ3n) is 0.933. The van der Waals surface area contributed by atoms with Crippen molar-refractivity contribution in [3.63, 3.8) is 0 Å². The molecule has 0 amide bonds. The molecule has 0 radical (unpaired) electrons. The Bertz CT molecular complexity index is 197. The van der Waals surface area contributed by atoms with Crippen molar-refractivity contribution in [3.8, 4) is 23.9 Å². The van der Waals surface area contributed by atoms with Crippen molar-refractivity contribution in [1.29, 1.82) is 0 Å². The Hall–Kier alpha value is -0.566. The summed E-state index contributed by atoms with van der Waals surface area (Å²) in [6.45, 7) is 2.76. The third kappa shape index (κ3) is 3.99.